The molecule has 1 fully saturated rings. The van der Waals surface area contributed by atoms with Gasteiger partial charge in [0.15, 0.2) is 11.5 Å². The Hall–Kier alpha value is -3.26. The van der Waals surface area contributed by atoms with Crippen molar-refractivity contribution < 1.29 is 4.52 Å². The summed E-state index contributed by atoms with van der Waals surface area (Å²) in [6.45, 7) is 6.93. The molecule has 1 saturated heterocycles. The van der Waals surface area contributed by atoms with Crippen molar-refractivity contribution in [3.63, 3.8) is 0 Å². The number of benzene rings is 1. The number of aromatic amines is 1. The number of piperidine rings is 1. The second-order valence-corrected chi connectivity index (χ2v) is 7.89. The second kappa shape index (κ2) is 7.87. The number of hydrogen-bond donors (Lipinski definition) is 2. The fourth-order valence-corrected chi connectivity index (χ4v) is 4.15. The fourth-order valence-electron chi connectivity index (χ4n) is 4.15. The normalized spacial score (nSPS) is 15.7. The molecule has 0 bridgehead atoms. The van der Waals surface area contributed by atoms with Gasteiger partial charge in [-0.2, -0.15) is 0 Å². The van der Waals surface area contributed by atoms with Gasteiger partial charge >= 0.3 is 0 Å². The van der Waals surface area contributed by atoms with E-state index in [1.165, 1.54) is 5.56 Å². The van der Waals surface area contributed by atoms with Crippen molar-refractivity contribution in [3.8, 4) is 11.4 Å². The van der Waals surface area contributed by atoms with Crippen LogP contribution >= 0.6 is 0 Å². The zero-order chi connectivity index (χ0) is 20.5. The Morgan fingerprint density at radius 2 is 1.93 bits per heavy atom. The number of anilines is 1. The minimum Gasteiger partial charge on any atom is -0.365 e. The summed E-state index contributed by atoms with van der Waals surface area (Å²) in [7, 11) is 0. The Morgan fingerprint density at radius 3 is 2.67 bits per heavy atom. The van der Waals surface area contributed by atoms with E-state index in [1.54, 1.807) is 6.33 Å². The van der Waals surface area contributed by atoms with Gasteiger partial charge in [0.1, 0.15) is 23.4 Å². The lowest BCUT2D eigenvalue weighted by atomic mass is 10.0. The maximum Gasteiger partial charge on any atom is 0.183 e. The van der Waals surface area contributed by atoms with Crippen LogP contribution in [0.1, 0.15) is 29.9 Å². The molecular formula is C22H25N7O. The molecule has 0 amide bonds. The van der Waals surface area contributed by atoms with E-state index in [4.69, 9.17) is 4.52 Å². The van der Waals surface area contributed by atoms with E-state index in [1.807, 2.05) is 13.8 Å². The Labute approximate surface area is 174 Å². The van der Waals surface area contributed by atoms with E-state index in [-0.39, 0.29) is 0 Å². The van der Waals surface area contributed by atoms with Gasteiger partial charge in [0.25, 0.3) is 0 Å². The predicted molar refractivity (Wildman–Crippen MR) is 115 cm³/mol. The zero-order valence-electron chi connectivity index (χ0n) is 17.2. The highest BCUT2D eigenvalue weighted by atomic mass is 16.5. The van der Waals surface area contributed by atoms with Crippen LogP contribution in [0.3, 0.4) is 0 Å². The van der Waals surface area contributed by atoms with Crippen LogP contribution < -0.4 is 5.32 Å². The first kappa shape index (κ1) is 18.7. The second-order valence-electron chi connectivity index (χ2n) is 7.89. The topological polar surface area (TPSA) is 95.8 Å². The summed E-state index contributed by atoms with van der Waals surface area (Å²) < 4.78 is 5.28. The van der Waals surface area contributed by atoms with Gasteiger partial charge in [-0.15, -0.1) is 0 Å². The zero-order valence-corrected chi connectivity index (χ0v) is 17.2. The van der Waals surface area contributed by atoms with Gasteiger partial charge < -0.3 is 14.8 Å². The first-order valence-corrected chi connectivity index (χ1v) is 10.3. The average molecular weight is 403 g/mol. The standard InChI is InChI=1S/C22H25N7O/c1-14-18(15(2)30-28-14)20-26-19-21(23-13-24-22(19)27-20)25-17-8-10-29(11-9-17)12-16-6-4-3-5-7-16/h3-7,13,17H,8-12H2,1-2H3,(H2,23,24,25,26,27). The third kappa shape index (κ3) is 3.66. The smallest absolute Gasteiger partial charge is 0.183 e. The molecular weight excluding hydrogens is 378 g/mol. The van der Waals surface area contributed by atoms with Crippen molar-refractivity contribution in [1.82, 2.24) is 30.0 Å². The van der Waals surface area contributed by atoms with E-state index in [0.29, 0.717) is 17.5 Å². The number of imidazole rings is 1. The van der Waals surface area contributed by atoms with Crippen LogP contribution in [0.15, 0.2) is 41.2 Å². The van der Waals surface area contributed by atoms with Crippen LogP contribution in [0.4, 0.5) is 5.82 Å². The third-order valence-electron chi connectivity index (χ3n) is 5.74. The molecule has 0 aliphatic carbocycles. The number of aryl methyl sites for hydroxylation is 2. The van der Waals surface area contributed by atoms with E-state index in [9.17, 15) is 0 Å². The summed E-state index contributed by atoms with van der Waals surface area (Å²) in [6.07, 6.45) is 3.71. The molecule has 0 unspecified atom stereocenters. The molecule has 30 heavy (non-hydrogen) atoms. The number of aromatic nitrogens is 5. The molecule has 8 heteroatoms. The molecule has 0 saturated carbocycles. The molecule has 5 rings (SSSR count). The Balaban J connectivity index is 1.29. The molecule has 0 spiro atoms. The number of H-pyrrole nitrogens is 1. The Kier molecular flexibility index (Phi) is 4.92. The summed E-state index contributed by atoms with van der Waals surface area (Å²) in [5, 5.41) is 7.63. The molecule has 1 aliphatic heterocycles. The number of rotatable bonds is 5. The van der Waals surface area contributed by atoms with Crippen molar-refractivity contribution in [1.29, 1.82) is 0 Å². The summed E-state index contributed by atoms with van der Waals surface area (Å²) in [5.74, 6) is 2.24. The van der Waals surface area contributed by atoms with E-state index in [2.05, 4.69) is 65.6 Å². The lowest BCUT2D eigenvalue weighted by Gasteiger charge is -2.32. The van der Waals surface area contributed by atoms with Gasteiger partial charge in [0, 0.05) is 25.7 Å². The van der Waals surface area contributed by atoms with Gasteiger partial charge in [-0.1, -0.05) is 35.5 Å². The van der Waals surface area contributed by atoms with Gasteiger partial charge in [0.05, 0.1) is 11.3 Å². The van der Waals surface area contributed by atoms with Crippen LogP contribution in [0.25, 0.3) is 22.6 Å². The van der Waals surface area contributed by atoms with Crippen molar-refractivity contribution in [2.24, 2.45) is 0 Å². The average Bonchev–Trinajstić information content (AvgIpc) is 3.33. The monoisotopic (exact) mass is 403 g/mol. The van der Waals surface area contributed by atoms with Crippen LogP contribution in [0.2, 0.25) is 0 Å². The molecule has 154 valence electrons. The van der Waals surface area contributed by atoms with Crippen LogP contribution in [-0.2, 0) is 6.54 Å². The molecule has 8 nitrogen and oxygen atoms in total. The van der Waals surface area contributed by atoms with Gasteiger partial charge in [0.2, 0.25) is 0 Å². The minimum atomic E-state index is 0.376. The summed E-state index contributed by atoms with van der Waals surface area (Å²) in [6, 6.07) is 11.0. The summed E-state index contributed by atoms with van der Waals surface area (Å²) in [5.41, 5.74) is 4.52. The van der Waals surface area contributed by atoms with E-state index in [0.717, 1.165) is 60.8 Å². The van der Waals surface area contributed by atoms with Crippen molar-refractivity contribution in [2.75, 3.05) is 18.4 Å². The maximum absolute atomic E-state index is 5.28. The first-order valence-electron chi connectivity index (χ1n) is 10.3. The van der Waals surface area contributed by atoms with Crippen LogP contribution in [0.5, 0.6) is 0 Å². The lowest BCUT2D eigenvalue weighted by molar-refractivity contribution is 0.211. The lowest BCUT2D eigenvalue weighted by Crippen LogP contribution is -2.38. The number of nitrogens with zero attached hydrogens (tertiary/aromatic N) is 5. The SMILES string of the molecule is Cc1noc(C)c1-c1nc2ncnc(NC3CCN(Cc4ccccc4)CC3)c2[nH]1. The quantitative estimate of drug-likeness (QED) is 0.524. The van der Waals surface area contributed by atoms with Gasteiger partial charge in [-0.05, 0) is 32.3 Å². The van der Waals surface area contributed by atoms with Crippen molar-refractivity contribution in [3.05, 3.63) is 53.7 Å². The molecule has 3 aromatic heterocycles. The molecule has 0 radical (unpaired) electrons. The van der Waals surface area contributed by atoms with E-state index < -0.39 is 0 Å². The predicted octanol–water partition coefficient (Wildman–Crippen LogP) is 3.70. The largest absolute Gasteiger partial charge is 0.365 e. The maximum atomic E-state index is 5.28. The summed E-state index contributed by atoms with van der Waals surface area (Å²) in [4.78, 5) is 19.3. The minimum absolute atomic E-state index is 0.376. The number of hydrogen-bond acceptors (Lipinski definition) is 7. The highest BCUT2D eigenvalue weighted by Gasteiger charge is 2.22. The number of likely N-dealkylation sites (tertiary alicyclic amines) is 1. The molecule has 1 aromatic carbocycles. The molecule has 4 aromatic rings. The van der Waals surface area contributed by atoms with Crippen LogP contribution in [0, 0.1) is 13.8 Å². The molecule has 2 N–H and O–H groups in total. The fraction of sp³-hybridized carbons (Fsp3) is 0.364. The van der Waals surface area contributed by atoms with Crippen molar-refractivity contribution in [2.45, 2.75) is 39.3 Å². The van der Waals surface area contributed by atoms with E-state index >= 15 is 0 Å². The number of nitrogens with one attached hydrogen (secondary N) is 2. The van der Waals surface area contributed by atoms with Gasteiger partial charge in [-0.25, -0.2) is 15.0 Å². The molecule has 0 atom stereocenters. The third-order valence-corrected chi connectivity index (χ3v) is 5.74. The Morgan fingerprint density at radius 1 is 1.13 bits per heavy atom. The highest BCUT2D eigenvalue weighted by molar-refractivity contribution is 5.85. The summed E-state index contributed by atoms with van der Waals surface area (Å²) >= 11 is 0. The first-order chi connectivity index (χ1) is 14.7. The van der Waals surface area contributed by atoms with Crippen molar-refractivity contribution >= 4 is 17.0 Å². The molecule has 1 aliphatic rings. The number of fused-ring (bicyclic) bond motifs is 1. The highest BCUT2D eigenvalue weighted by Crippen LogP contribution is 2.28. The van der Waals surface area contributed by atoms with Gasteiger partial charge in [-0.3, -0.25) is 4.90 Å². The van der Waals surface area contributed by atoms with Crippen LogP contribution in [-0.4, -0.2) is 49.1 Å². The molecule has 4 heterocycles. The Bertz CT molecular complexity index is 1120.